The van der Waals surface area contributed by atoms with E-state index in [2.05, 4.69) is 13.8 Å². The Hall–Kier alpha value is -0.220. The largest absolute Gasteiger partial charge is 0.375 e. The summed E-state index contributed by atoms with van der Waals surface area (Å²) in [4.78, 5) is 0. The van der Waals surface area contributed by atoms with Crippen LogP contribution in [-0.4, -0.2) is 25.7 Å². The molecule has 2 N–H and O–H groups in total. The minimum Gasteiger partial charge on any atom is -0.375 e. The van der Waals surface area contributed by atoms with E-state index in [4.69, 9.17) is 10.5 Å². The molecule has 0 fully saturated rings. The molecule has 0 heterocycles. The van der Waals surface area contributed by atoms with Gasteiger partial charge in [0.1, 0.15) is 6.61 Å². The lowest BCUT2D eigenvalue weighted by molar-refractivity contribution is -0.0700. The van der Waals surface area contributed by atoms with E-state index < -0.39 is 19.1 Å². The predicted octanol–water partition coefficient (Wildman–Crippen LogP) is 2.03. The van der Waals surface area contributed by atoms with Gasteiger partial charge in [0, 0.05) is 6.61 Å². The van der Waals surface area contributed by atoms with Gasteiger partial charge in [0.15, 0.2) is 0 Å². The SMILES string of the molecule is CC(C)CCCOCC(F)(F)CN. The Morgan fingerprint density at radius 1 is 1.38 bits per heavy atom. The predicted molar refractivity (Wildman–Crippen MR) is 48.9 cm³/mol. The third-order valence-corrected chi connectivity index (χ3v) is 1.68. The molecular formula is C9H19F2NO. The van der Waals surface area contributed by atoms with Gasteiger partial charge in [-0.15, -0.1) is 0 Å². The maximum atomic E-state index is 12.5. The normalized spacial score (nSPS) is 12.5. The van der Waals surface area contributed by atoms with E-state index >= 15 is 0 Å². The summed E-state index contributed by atoms with van der Waals surface area (Å²) < 4.78 is 29.8. The van der Waals surface area contributed by atoms with Crippen LogP contribution in [0.15, 0.2) is 0 Å². The number of hydrogen-bond donors (Lipinski definition) is 1. The Balaban J connectivity index is 3.26. The first kappa shape index (κ1) is 12.8. The van der Waals surface area contributed by atoms with Crippen LogP contribution in [0.25, 0.3) is 0 Å². The maximum Gasteiger partial charge on any atom is 0.282 e. The molecular weight excluding hydrogens is 176 g/mol. The fraction of sp³-hybridized carbons (Fsp3) is 1.00. The van der Waals surface area contributed by atoms with Gasteiger partial charge >= 0.3 is 0 Å². The van der Waals surface area contributed by atoms with Gasteiger partial charge in [-0.1, -0.05) is 13.8 Å². The molecule has 0 aromatic heterocycles. The van der Waals surface area contributed by atoms with Gasteiger partial charge in [-0.05, 0) is 18.8 Å². The Bertz CT molecular complexity index is 129. The highest BCUT2D eigenvalue weighted by Gasteiger charge is 2.26. The Morgan fingerprint density at radius 2 is 2.00 bits per heavy atom. The highest BCUT2D eigenvalue weighted by molar-refractivity contribution is 4.64. The first-order chi connectivity index (χ1) is 5.98. The number of rotatable bonds is 7. The third-order valence-electron chi connectivity index (χ3n) is 1.68. The van der Waals surface area contributed by atoms with Crippen LogP contribution < -0.4 is 5.73 Å². The molecule has 0 aliphatic heterocycles. The van der Waals surface area contributed by atoms with Crippen molar-refractivity contribution in [2.75, 3.05) is 19.8 Å². The molecule has 4 heteroatoms. The first-order valence-corrected chi connectivity index (χ1v) is 4.63. The lowest BCUT2D eigenvalue weighted by Crippen LogP contribution is -2.33. The van der Waals surface area contributed by atoms with Crippen LogP contribution in [0.5, 0.6) is 0 Å². The highest BCUT2D eigenvalue weighted by atomic mass is 19.3. The quantitative estimate of drug-likeness (QED) is 0.631. The zero-order chi connectivity index (χ0) is 10.3. The molecule has 0 radical (unpaired) electrons. The van der Waals surface area contributed by atoms with Gasteiger partial charge in [0.2, 0.25) is 0 Å². The zero-order valence-corrected chi connectivity index (χ0v) is 8.35. The van der Waals surface area contributed by atoms with Gasteiger partial charge in [-0.3, -0.25) is 0 Å². The molecule has 2 nitrogen and oxygen atoms in total. The van der Waals surface area contributed by atoms with Crippen molar-refractivity contribution in [2.24, 2.45) is 11.7 Å². The van der Waals surface area contributed by atoms with Gasteiger partial charge in [0.25, 0.3) is 5.92 Å². The van der Waals surface area contributed by atoms with Crippen LogP contribution in [0.4, 0.5) is 8.78 Å². The van der Waals surface area contributed by atoms with Crippen LogP contribution in [0.1, 0.15) is 26.7 Å². The van der Waals surface area contributed by atoms with Crippen molar-refractivity contribution in [3.05, 3.63) is 0 Å². The molecule has 0 rings (SSSR count). The fourth-order valence-electron chi connectivity index (χ4n) is 0.874. The minimum atomic E-state index is -2.86. The molecule has 0 saturated carbocycles. The maximum absolute atomic E-state index is 12.5. The molecule has 0 aliphatic carbocycles. The van der Waals surface area contributed by atoms with Crippen LogP contribution in [0, 0.1) is 5.92 Å². The average Bonchev–Trinajstić information content (AvgIpc) is 2.03. The van der Waals surface area contributed by atoms with Crippen molar-refractivity contribution in [1.29, 1.82) is 0 Å². The summed E-state index contributed by atoms with van der Waals surface area (Å²) in [6.07, 6.45) is 1.84. The summed E-state index contributed by atoms with van der Waals surface area (Å²) in [5, 5.41) is 0. The molecule has 0 aromatic carbocycles. The minimum absolute atomic E-state index is 0.397. The summed E-state index contributed by atoms with van der Waals surface area (Å²) in [6.45, 7) is 3.38. The van der Waals surface area contributed by atoms with Crippen molar-refractivity contribution in [3.8, 4) is 0 Å². The highest BCUT2D eigenvalue weighted by Crippen LogP contribution is 2.11. The van der Waals surface area contributed by atoms with Gasteiger partial charge in [-0.25, -0.2) is 8.78 Å². The van der Waals surface area contributed by atoms with Gasteiger partial charge < -0.3 is 10.5 Å². The molecule has 0 unspecified atom stereocenters. The van der Waals surface area contributed by atoms with Crippen molar-refractivity contribution in [1.82, 2.24) is 0 Å². The summed E-state index contributed by atoms with van der Waals surface area (Å²) in [5.74, 6) is -2.27. The number of hydrogen-bond acceptors (Lipinski definition) is 2. The van der Waals surface area contributed by atoms with E-state index in [0.717, 1.165) is 12.8 Å². The van der Waals surface area contributed by atoms with Crippen molar-refractivity contribution in [2.45, 2.75) is 32.6 Å². The van der Waals surface area contributed by atoms with E-state index in [-0.39, 0.29) is 0 Å². The van der Waals surface area contributed by atoms with E-state index in [1.165, 1.54) is 0 Å². The van der Waals surface area contributed by atoms with Crippen molar-refractivity contribution < 1.29 is 13.5 Å². The van der Waals surface area contributed by atoms with Crippen molar-refractivity contribution in [3.63, 3.8) is 0 Å². The second-order valence-electron chi connectivity index (χ2n) is 3.65. The summed E-state index contributed by atoms with van der Waals surface area (Å²) in [7, 11) is 0. The van der Waals surface area contributed by atoms with E-state index in [0.29, 0.717) is 12.5 Å². The van der Waals surface area contributed by atoms with Crippen LogP contribution in [0.2, 0.25) is 0 Å². The Kier molecular flexibility index (Phi) is 6.16. The van der Waals surface area contributed by atoms with E-state index in [1.807, 2.05) is 0 Å². The molecule has 0 aromatic rings. The topological polar surface area (TPSA) is 35.2 Å². The van der Waals surface area contributed by atoms with E-state index in [9.17, 15) is 8.78 Å². The molecule has 0 aliphatic rings. The zero-order valence-electron chi connectivity index (χ0n) is 8.35. The van der Waals surface area contributed by atoms with Crippen LogP contribution in [0.3, 0.4) is 0 Å². The molecule has 0 spiro atoms. The van der Waals surface area contributed by atoms with Crippen LogP contribution >= 0.6 is 0 Å². The standard InChI is InChI=1S/C9H19F2NO/c1-8(2)4-3-5-13-7-9(10,11)6-12/h8H,3-7,12H2,1-2H3. The first-order valence-electron chi connectivity index (χ1n) is 4.63. The Morgan fingerprint density at radius 3 is 2.46 bits per heavy atom. The van der Waals surface area contributed by atoms with Crippen molar-refractivity contribution >= 4 is 0 Å². The third kappa shape index (κ3) is 8.12. The average molecular weight is 195 g/mol. The lowest BCUT2D eigenvalue weighted by atomic mass is 10.1. The molecule has 80 valence electrons. The van der Waals surface area contributed by atoms with E-state index in [1.54, 1.807) is 0 Å². The van der Waals surface area contributed by atoms with Gasteiger partial charge in [-0.2, -0.15) is 0 Å². The molecule has 0 bridgehead atoms. The molecule has 0 atom stereocenters. The molecule has 0 saturated heterocycles. The smallest absolute Gasteiger partial charge is 0.282 e. The lowest BCUT2D eigenvalue weighted by Gasteiger charge is -2.13. The van der Waals surface area contributed by atoms with Gasteiger partial charge in [0.05, 0.1) is 6.54 Å². The summed E-state index contributed by atoms with van der Waals surface area (Å²) in [5.41, 5.74) is 4.84. The molecule has 13 heavy (non-hydrogen) atoms. The number of halogens is 2. The number of nitrogens with two attached hydrogens (primary N) is 1. The fourth-order valence-corrected chi connectivity index (χ4v) is 0.874. The number of ether oxygens (including phenoxy) is 1. The second-order valence-corrected chi connectivity index (χ2v) is 3.65. The summed E-state index contributed by atoms with van der Waals surface area (Å²) >= 11 is 0. The monoisotopic (exact) mass is 195 g/mol. The molecule has 0 amide bonds. The van der Waals surface area contributed by atoms with Crippen LogP contribution in [-0.2, 0) is 4.74 Å². The Labute approximate surface area is 78.4 Å². The number of alkyl halides is 2. The second kappa shape index (κ2) is 6.27. The summed E-state index contributed by atoms with van der Waals surface area (Å²) in [6, 6.07) is 0.